The summed E-state index contributed by atoms with van der Waals surface area (Å²) >= 11 is 0. The SMILES string of the molecule is Cc1cc(NCC2CCC3(CC2)OCCO3)nc(-c2ccncc2)n1. The van der Waals surface area contributed by atoms with Crippen molar-refractivity contribution in [3.63, 3.8) is 0 Å². The predicted octanol–water partition coefficient (Wildman–Crippen LogP) is 3.19. The van der Waals surface area contributed by atoms with E-state index in [0.29, 0.717) is 5.92 Å². The summed E-state index contributed by atoms with van der Waals surface area (Å²) < 4.78 is 11.6. The van der Waals surface area contributed by atoms with Crippen molar-refractivity contribution in [1.82, 2.24) is 15.0 Å². The van der Waals surface area contributed by atoms with Crippen LogP contribution in [0.1, 0.15) is 31.4 Å². The molecule has 0 bridgehead atoms. The molecule has 3 heterocycles. The van der Waals surface area contributed by atoms with Gasteiger partial charge in [-0.25, -0.2) is 9.97 Å². The van der Waals surface area contributed by atoms with Gasteiger partial charge in [-0.2, -0.15) is 0 Å². The van der Waals surface area contributed by atoms with Crippen molar-refractivity contribution in [3.8, 4) is 11.4 Å². The van der Waals surface area contributed by atoms with Gasteiger partial charge in [-0.1, -0.05) is 0 Å². The fourth-order valence-electron chi connectivity index (χ4n) is 3.65. The number of anilines is 1. The van der Waals surface area contributed by atoms with Gasteiger partial charge in [0.2, 0.25) is 0 Å². The van der Waals surface area contributed by atoms with Crippen molar-refractivity contribution in [2.45, 2.75) is 38.4 Å². The number of pyridine rings is 1. The molecular formula is C19H24N4O2. The van der Waals surface area contributed by atoms with Gasteiger partial charge in [-0.05, 0) is 37.8 Å². The van der Waals surface area contributed by atoms with Crippen LogP contribution in [-0.2, 0) is 9.47 Å². The van der Waals surface area contributed by atoms with Gasteiger partial charge in [0, 0.05) is 49.1 Å². The first-order valence-corrected chi connectivity index (χ1v) is 9.00. The summed E-state index contributed by atoms with van der Waals surface area (Å²) in [6.45, 7) is 4.39. The number of hydrogen-bond donors (Lipinski definition) is 1. The summed E-state index contributed by atoms with van der Waals surface area (Å²) in [4.78, 5) is 13.2. The number of nitrogens with one attached hydrogen (secondary N) is 1. The van der Waals surface area contributed by atoms with E-state index in [2.05, 4.69) is 20.3 Å². The first-order chi connectivity index (χ1) is 12.2. The Labute approximate surface area is 148 Å². The molecule has 1 saturated carbocycles. The first-order valence-electron chi connectivity index (χ1n) is 9.00. The van der Waals surface area contributed by atoms with Crippen LogP contribution in [0, 0.1) is 12.8 Å². The Hall–Kier alpha value is -2.05. The molecule has 2 aromatic rings. The molecule has 25 heavy (non-hydrogen) atoms. The Morgan fingerprint density at radius 3 is 2.56 bits per heavy atom. The molecule has 0 atom stereocenters. The van der Waals surface area contributed by atoms with E-state index in [1.807, 2.05) is 25.1 Å². The van der Waals surface area contributed by atoms with Gasteiger partial charge in [0.05, 0.1) is 13.2 Å². The zero-order valence-corrected chi connectivity index (χ0v) is 14.6. The van der Waals surface area contributed by atoms with Crippen LogP contribution in [0.3, 0.4) is 0 Å². The second-order valence-electron chi connectivity index (χ2n) is 6.89. The van der Waals surface area contributed by atoms with E-state index in [4.69, 9.17) is 9.47 Å². The summed E-state index contributed by atoms with van der Waals surface area (Å²) in [7, 11) is 0. The molecule has 4 rings (SSSR count). The quantitative estimate of drug-likeness (QED) is 0.922. The normalized spacial score (nSPS) is 20.0. The molecule has 1 saturated heterocycles. The zero-order chi connectivity index (χ0) is 17.1. The van der Waals surface area contributed by atoms with E-state index >= 15 is 0 Å². The summed E-state index contributed by atoms with van der Waals surface area (Å²) in [5, 5.41) is 3.50. The zero-order valence-electron chi connectivity index (χ0n) is 14.6. The number of ether oxygens (including phenoxy) is 2. The fraction of sp³-hybridized carbons (Fsp3) is 0.526. The van der Waals surface area contributed by atoms with Crippen molar-refractivity contribution >= 4 is 5.82 Å². The van der Waals surface area contributed by atoms with Crippen LogP contribution < -0.4 is 5.32 Å². The molecule has 0 aromatic carbocycles. The highest BCUT2D eigenvalue weighted by Crippen LogP contribution is 2.38. The van der Waals surface area contributed by atoms with Crippen LogP contribution in [-0.4, -0.2) is 40.5 Å². The summed E-state index contributed by atoms with van der Waals surface area (Å²) in [5.74, 6) is 1.96. The van der Waals surface area contributed by atoms with Crippen molar-refractivity contribution in [1.29, 1.82) is 0 Å². The maximum absolute atomic E-state index is 5.80. The first kappa shape index (κ1) is 16.4. The summed E-state index contributed by atoms with van der Waals surface area (Å²) in [6, 6.07) is 5.86. The van der Waals surface area contributed by atoms with Gasteiger partial charge in [0.15, 0.2) is 11.6 Å². The molecule has 6 nitrogen and oxygen atoms in total. The fourth-order valence-corrected chi connectivity index (χ4v) is 3.65. The lowest BCUT2D eigenvalue weighted by Gasteiger charge is -2.35. The minimum absolute atomic E-state index is 0.281. The van der Waals surface area contributed by atoms with Crippen LogP contribution in [0.5, 0.6) is 0 Å². The van der Waals surface area contributed by atoms with Crippen molar-refractivity contribution < 1.29 is 9.47 Å². The Morgan fingerprint density at radius 2 is 1.84 bits per heavy atom. The van der Waals surface area contributed by atoms with Gasteiger partial charge < -0.3 is 14.8 Å². The lowest BCUT2D eigenvalue weighted by atomic mass is 9.85. The topological polar surface area (TPSA) is 69.2 Å². The molecule has 0 amide bonds. The highest BCUT2D eigenvalue weighted by Gasteiger charge is 2.40. The molecule has 2 aromatic heterocycles. The smallest absolute Gasteiger partial charge is 0.168 e. The minimum Gasteiger partial charge on any atom is -0.370 e. The van der Waals surface area contributed by atoms with Crippen LogP contribution in [0.15, 0.2) is 30.6 Å². The third kappa shape index (κ3) is 3.80. The molecule has 2 fully saturated rings. The van der Waals surface area contributed by atoms with Crippen molar-refractivity contribution in [2.24, 2.45) is 5.92 Å². The maximum Gasteiger partial charge on any atom is 0.168 e. The molecule has 1 aliphatic heterocycles. The third-order valence-corrected chi connectivity index (χ3v) is 5.05. The van der Waals surface area contributed by atoms with Gasteiger partial charge in [0.1, 0.15) is 5.82 Å². The number of aryl methyl sites for hydroxylation is 1. The van der Waals surface area contributed by atoms with E-state index < -0.39 is 0 Å². The van der Waals surface area contributed by atoms with Crippen LogP contribution in [0.25, 0.3) is 11.4 Å². The number of rotatable bonds is 4. The maximum atomic E-state index is 5.80. The Morgan fingerprint density at radius 1 is 1.12 bits per heavy atom. The van der Waals surface area contributed by atoms with Gasteiger partial charge in [0.25, 0.3) is 0 Å². The lowest BCUT2D eigenvalue weighted by Crippen LogP contribution is -2.36. The molecule has 132 valence electrons. The van der Waals surface area contributed by atoms with E-state index in [-0.39, 0.29) is 5.79 Å². The average molecular weight is 340 g/mol. The number of nitrogens with zero attached hydrogens (tertiary/aromatic N) is 3. The second kappa shape index (κ2) is 7.06. The predicted molar refractivity (Wildman–Crippen MR) is 95.1 cm³/mol. The van der Waals surface area contributed by atoms with Gasteiger partial charge in [-0.3, -0.25) is 4.98 Å². The number of aromatic nitrogens is 3. The molecule has 2 aliphatic rings. The lowest BCUT2D eigenvalue weighted by molar-refractivity contribution is -0.181. The standard InChI is InChI=1S/C19H24N4O2/c1-14-12-17(23-18(22-14)16-4-8-20-9-5-16)21-13-15-2-6-19(7-3-15)24-10-11-25-19/h4-5,8-9,12,15H,2-3,6-7,10-11,13H2,1H3,(H,21,22,23). The summed E-state index contributed by atoms with van der Waals surface area (Å²) in [6.07, 6.45) is 7.75. The van der Waals surface area contributed by atoms with Crippen LogP contribution in [0.2, 0.25) is 0 Å². The van der Waals surface area contributed by atoms with Crippen molar-refractivity contribution in [2.75, 3.05) is 25.1 Å². The molecule has 1 N–H and O–H groups in total. The average Bonchev–Trinajstić information content (AvgIpc) is 3.10. The Bertz CT molecular complexity index is 707. The number of hydrogen-bond acceptors (Lipinski definition) is 6. The molecule has 0 radical (unpaired) electrons. The molecule has 1 spiro atoms. The highest BCUT2D eigenvalue weighted by molar-refractivity contribution is 5.56. The highest BCUT2D eigenvalue weighted by atomic mass is 16.7. The largest absolute Gasteiger partial charge is 0.370 e. The second-order valence-corrected chi connectivity index (χ2v) is 6.89. The van der Waals surface area contributed by atoms with Crippen LogP contribution >= 0.6 is 0 Å². The van der Waals surface area contributed by atoms with Gasteiger partial charge >= 0.3 is 0 Å². The molecular weight excluding hydrogens is 316 g/mol. The summed E-state index contributed by atoms with van der Waals surface area (Å²) in [5.41, 5.74) is 1.94. The van der Waals surface area contributed by atoms with E-state index in [1.54, 1.807) is 12.4 Å². The molecule has 1 aliphatic carbocycles. The third-order valence-electron chi connectivity index (χ3n) is 5.05. The van der Waals surface area contributed by atoms with E-state index in [9.17, 15) is 0 Å². The Balaban J connectivity index is 1.38. The van der Waals surface area contributed by atoms with Crippen molar-refractivity contribution in [3.05, 3.63) is 36.3 Å². The van der Waals surface area contributed by atoms with Gasteiger partial charge in [-0.15, -0.1) is 0 Å². The Kier molecular flexibility index (Phi) is 4.63. The molecule has 6 heteroatoms. The molecule has 0 unspecified atom stereocenters. The van der Waals surface area contributed by atoms with Crippen LogP contribution in [0.4, 0.5) is 5.82 Å². The minimum atomic E-state index is -0.281. The van der Waals surface area contributed by atoms with E-state index in [1.165, 1.54) is 0 Å². The monoisotopic (exact) mass is 340 g/mol. The van der Waals surface area contributed by atoms with E-state index in [0.717, 1.165) is 68.3 Å².